The summed E-state index contributed by atoms with van der Waals surface area (Å²) in [5, 5.41) is 17.7. The fourth-order valence-corrected chi connectivity index (χ4v) is 2.96. The lowest BCUT2D eigenvalue weighted by molar-refractivity contribution is -0.147. The highest BCUT2D eigenvalue weighted by Crippen LogP contribution is 2.30. The molecular formula is C21H38O5. The van der Waals surface area contributed by atoms with Gasteiger partial charge in [-0.15, -0.1) is 0 Å². The number of aliphatic hydroxyl groups is 2. The first-order valence-corrected chi connectivity index (χ1v) is 10.4. The van der Waals surface area contributed by atoms with Crippen molar-refractivity contribution in [1.29, 1.82) is 0 Å². The van der Waals surface area contributed by atoms with E-state index in [4.69, 9.17) is 19.7 Å². The molecular weight excluding hydrogens is 332 g/mol. The van der Waals surface area contributed by atoms with E-state index in [0.717, 1.165) is 32.1 Å². The summed E-state index contributed by atoms with van der Waals surface area (Å²) in [7, 11) is 0. The van der Waals surface area contributed by atoms with Gasteiger partial charge >= 0.3 is 5.97 Å². The number of hydrogen-bond acceptors (Lipinski definition) is 5. The molecule has 0 aliphatic carbocycles. The second-order valence-electron chi connectivity index (χ2n) is 7.24. The Bertz CT molecular complexity index is 383. The number of allylic oxidation sites excluding steroid dienone is 1. The molecule has 0 aromatic carbocycles. The van der Waals surface area contributed by atoms with E-state index in [1.165, 1.54) is 38.5 Å². The van der Waals surface area contributed by atoms with Crippen LogP contribution < -0.4 is 0 Å². The van der Waals surface area contributed by atoms with Crippen molar-refractivity contribution in [2.45, 2.75) is 102 Å². The van der Waals surface area contributed by atoms with Gasteiger partial charge in [-0.05, 0) is 32.1 Å². The minimum absolute atomic E-state index is 0.118. The standard InChI is InChI=1S/C21H38O5/c1-2-3-10-13-19-20(26-19)14-11-8-6-4-5-7-9-12-15-21(24)25-17-18(23)16-22/h8,11,18-20,22-23H,2-7,9-10,12-17H2,1H3/b11-8-/t18-,19?,20?/m0/s1. The van der Waals surface area contributed by atoms with Crippen LogP contribution in [0.15, 0.2) is 12.2 Å². The van der Waals surface area contributed by atoms with Crippen LogP contribution in [0.1, 0.15) is 84.0 Å². The van der Waals surface area contributed by atoms with Gasteiger partial charge in [0.2, 0.25) is 0 Å². The third-order valence-corrected chi connectivity index (χ3v) is 4.71. The molecule has 3 atom stereocenters. The van der Waals surface area contributed by atoms with E-state index in [-0.39, 0.29) is 19.2 Å². The quantitative estimate of drug-likeness (QED) is 0.176. The van der Waals surface area contributed by atoms with Gasteiger partial charge in [0.1, 0.15) is 12.7 Å². The zero-order valence-electron chi connectivity index (χ0n) is 16.4. The summed E-state index contributed by atoms with van der Waals surface area (Å²) in [6, 6.07) is 0. The Kier molecular flexibility index (Phi) is 13.5. The Morgan fingerprint density at radius 1 is 1.08 bits per heavy atom. The summed E-state index contributed by atoms with van der Waals surface area (Å²) in [4.78, 5) is 11.4. The minimum Gasteiger partial charge on any atom is -0.463 e. The predicted octanol–water partition coefficient (Wildman–Crippen LogP) is 3.91. The van der Waals surface area contributed by atoms with Crippen molar-refractivity contribution < 1.29 is 24.5 Å². The van der Waals surface area contributed by atoms with Gasteiger partial charge in [-0.25, -0.2) is 0 Å². The maximum absolute atomic E-state index is 11.4. The van der Waals surface area contributed by atoms with E-state index < -0.39 is 6.10 Å². The van der Waals surface area contributed by atoms with E-state index in [1.54, 1.807) is 0 Å². The molecule has 0 bridgehead atoms. The molecule has 1 fully saturated rings. The lowest BCUT2D eigenvalue weighted by atomic mass is 10.1. The molecule has 152 valence electrons. The van der Waals surface area contributed by atoms with Crippen molar-refractivity contribution in [1.82, 2.24) is 0 Å². The van der Waals surface area contributed by atoms with Crippen LogP contribution in [0.2, 0.25) is 0 Å². The highest BCUT2D eigenvalue weighted by molar-refractivity contribution is 5.69. The molecule has 1 rings (SSSR count). The number of epoxide rings is 1. The zero-order chi connectivity index (χ0) is 19.0. The van der Waals surface area contributed by atoms with Crippen molar-refractivity contribution in [2.75, 3.05) is 13.2 Å². The molecule has 0 aromatic heterocycles. The molecule has 1 saturated heterocycles. The monoisotopic (exact) mass is 370 g/mol. The molecule has 2 N–H and O–H groups in total. The Hall–Kier alpha value is -0.910. The van der Waals surface area contributed by atoms with Crippen LogP contribution in [0, 0.1) is 0 Å². The lowest BCUT2D eigenvalue weighted by Crippen LogP contribution is -2.21. The van der Waals surface area contributed by atoms with Crippen LogP contribution in [0.4, 0.5) is 0 Å². The summed E-state index contributed by atoms with van der Waals surface area (Å²) >= 11 is 0. The van der Waals surface area contributed by atoms with Crippen molar-refractivity contribution >= 4 is 5.97 Å². The SMILES string of the molecule is CCCCCC1OC1C/C=C\CCCCCCCC(=O)OC[C@@H](O)CO. The average Bonchev–Trinajstić information content (AvgIpc) is 3.39. The average molecular weight is 371 g/mol. The highest BCUT2D eigenvalue weighted by Gasteiger charge is 2.36. The third kappa shape index (κ3) is 12.4. The van der Waals surface area contributed by atoms with Crippen LogP contribution in [0.25, 0.3) is 0 Å². The Balaban J connectivity index is 1.81. The maximum Gasteiger partial charge on any atom is 0.305 e. The fraction of sp³-hybridized carbons (Fsp3) is 0.857. The van der Waals surface area contributed by atoms with Crippen molar-refractivity contribution in [3.05, 3.63) is 12.2 Å². The molecule has 0 saturated carbocycles. The molecule has 5 nitrogen and oxygen atoms in total. The van der Waals surface area contributed by atoms with E-state index in [9.17, 15) is 4.79 Å². The summed E-state index contributed by atoms with van der Waals surface area (Å²) in [6.45, 7) is 1.73. The van der Waals surface area contributed by atoms with Gasteiger partial charge in [-0.1, -0.05) is 57.6 Å². The van der Waals surface area contributed by atoms with Crippen LogP contribution >= 0.6 is 0 Å². The Morgan fingerprint density at radius 3 is 2.62 bits per heavy atom. The number of aliphatic hydroxyl groups excluding tert-OH is 2. The Labute approximate surface area is 158 Å². The van der Waals surface area contributed by atoms with Crippen LogP contribution in [0.3, 0.4) is 0 Å². The Morgan fingerprint density at radius 2 is 1.85 bits per heavy atom. The maximum atomic E-state index is 11.4. The lowest BCUT2D eigenvalue weighted by Gasteiger charge is -2.08. The number of carbonyl (C=O) groups is 1. The van der Waals surface area contributed by atoms with Crippen LogP contribution in [-0.4, -0.2) is 47.7 Å². The first-order valence-electron chi connectivity index (χ1n) is 10.4. The number of hydrogen-bond donors (Lipinski definition) is 2. The molecule has 0 spiro atoms. The van der Waals surface area contributed by atoms with Gasteiger partial charge in [-0.2, -0.15) is 0 Å². The van der Waals surface area contributed by atoms with E-state index in [2.05, 4.69) is 19.1 Å². The highest BCUT2D eigenvalue weighted by atomic mass is 16.6. The number of carbonyl (C=O) groups excluding carboxylic acids is 1. The first-order chi connectivity index (χ1) is 12.7. The fourth-order valence-electron chi connectivity index (χ4n) is 2.96. The van der Waals surface area contributed by atoms with Gasteiger partial charge in [0.25, 0.3) is 0 Å². The van der Waals surface area contributed by atoms with Gasteiger partial charge in [0.15, 0.2) is 0 Å². The number of unbranched alkanes of at least 4 members (excludes halogenated alkanes) is 7. The zero-order valence-corrected chi connectivity index (χ0v) is 16.4. The summed E-state index contributed by atoms with van der Waals surface area (Å²) in [5.74, 6) is -0.296. The largest absolute Gasteiger partial charge is 0.463 e. The van der Waals surface area contributed by atoms with Crippen LogP contribution in [-0.2, 0) is 14.3 Å². The summed E-state index contributed by atoms with van der Waals surface area (Å²) < 4.78 is 10.5. The third-order valence-electron chi connectivity index (χ3n) is 4.71. The van der Waals surface area contributed by atoms with E-state index in [1.807, 2.05) is 0 Å². The second kappa shape index (κ2) is 15.2. The molecule has 0 amide bonds. The van der Waals surface area contributed by atoms with Gasteiger partial charge in [0, 0.05) is 6.42 Å². The number of esters is 1. The van der Waals surface area contributed by atoms with Gasteiger partial charge < -0.3 is 19.7 Å². The molecule has 2 unspecified atom stereocenters. The van der Waals surface area contributed by atoms with Crippen LogP contribution in [0.5, 0.6) is 0 Å². The number of ether oxygens (including phenoxy) is 2. The summed E-state index contributed by atoms with van der Waals surface area (Å²) in [5.41, 5.74) is 0. The molecule has 1 heterocycles. The second-order valence-corrected chi connectivity index (χ2v) is 7.24. The molecule has 1 aliphatic heterocycles. The van der Waals surface area contributed by atoms with Crippen molar-refractivity contribution in [2.24, 2.45) is 0 Å². The molecule has 1 aliphatic rings. The van der Waals surface area contributed by atoms with Gasteiger partial charge in [-0.3, -0.25) is 4.79 Å². The molecule has 5 heteroatoms. The predicted molar refractivity (Wildman–Crippen MR) is 103 cm³/mol. The van der Waals surface area contributed by atoms with Crippen molar-refractivity contribution in [3.63, 3.8) is 0 Å². The molecule has 26 heavy (non-hydrogen) atoms. The smallest absolute Gasteiger partial charge is 0.305 e. The molecule has 0 radical (unpaired) electrons. The van der Waals surface area contributed by atoms with Crippen molar-refractivity contribution in [3.8, 4) is 0 Å². The normalized spacial score (nSPS) is 20.4. The van der Waals surface area contributed by atoms with E-state index in [0.29, 0.717) is 18.6 Å². The van der Waals surface area contributed by atoms with Gasteiger partial charge in [0.05, 0.1) is 18.8 Å². The number of rotatable bonds is 17. The first kappa shape index (κ1) is 23.1. The summed E-state index contributed by atoms with van der Waals surface area (Å²) in [6.07, 6.45) is 17.6. The minimum atomic E-state index is -0.967. The topological polar surface area (TPSA) is 79.3 Å². The van der Waals surface area contributed by atoms with E-state index >= 15 is 0 Å². The molecule has 0 aromatic rings.